The van der Waals surface area contributed by atoms with Crippen molar-refractivity contribution in [1.82, 2.24) is 15.5 Å². The van der Waals surface area contributed by atoms with Crippen LogP contribution in [0.3, 0.4) is 0 Å². The lowest BCUT2D eigenvalue weighted by Gasteiger charge is -2.46. The maximum atomic E-state index is 13.5. The van der Waals surface area contributed by atoms with E-state index in [1.165, 1.54) is 39.2 Å². The van der Waals surface area contributed by atoms with Crippen molar-refractivity contribution in [1.29, 1.82) is 0 Å². The van der Waals surface area contributed by atoms with Gasteiger partial charge in [0, 0.05) is 45.3 Å². The minimum absolute atomic E-state index is 0.0330. The van der Waals surface area contributed by atoms with Gasteiger partial charge in [0.2, 0.25) is 0 Å². The molecule has 0 radical (unpaired) electrons. The molecule has 3 rings (SSSR count). The van der Waals surface area contributed by atoms with Crippen molar-refractivity contribution in [3.63, 3.8) is 0 Å². The Morgan fingerprint density at radius 3 is 2.64 bits per heavy atom. The molecule has 1 saturated heterocycles. The number of hydrogen-bond donors (Lipinski definition) is 3. The maximum Gasteiger partial charge on any atom is 0.317 e. The van der Waals surface area contributed by atoms with Crippen LogP contribution in [0.15, 0.2) is 23.8 Å². The van der Waals surface area contributed by atoms with Gasteiger partial charge in [-0.2, -0.15) is 0 Å². The van der Waals surface area contributed by atoms with Gasteiger partial charge in [0.25, 0.3) is 0 Å². The average molecular weight is 548 g/mol. The van der Waals surface area contributed by atoms with Gasteiger partial charge in [0.15, 0.2) is 0 Å². The van der Waals surface area contributed by atoms with E-state index in [4.69, 9.17) is 9.47 Å². The lowest BCUT2D eigenvalue weighted by molar-refractivity contribution is -0.149. The molecule has 3 N–H and O–H groups in total. The standard InChI is InChI=1S/C31H53N3O5/c1-30(28(35)39-4)16-10-14-25(21-30)31(37,17-8-9-19-38-3)26-15-11-18-34(23-26)29(36)33-27(22-32-2)20-24-12-6-5-7-13-24/h10,14,16,24,26-27,32,37H,5-9,11-13,15,17-23H2,1-4H3,(H,33,36)/t26-,27+,30?,31-/m1/s1. The number of aliphatic hydroxyl groups is 1. The van der Waals surface area contributed by atoms with Crippen LogP contribution in [0.1, 0.15) is 84.0 Å². The largest absolute Gasteiger partial charge is 0.468 e. The molecule has 0 aromatic heterocycles. The van der Waals surface area contributed by atoms with Crippen LogP contribution in [0.5, 0.6) is 0 Å². The number of piperidine rings is 1. The molecule has 3 aliphatic rings. The predicted octanol–water partition coefficient (Wildman–Crippen LogP) is 4.58. The van der Waals surface area contributed by atoms with Crippen molar-refractivity contribution >= 4 is 12.0 Å². The number of nitrogens with one attached hydrogen (secondary N) is 2. The summed E-state index contributed by atoms with van der Waals surface area (Å²) in [6.07, 6.45) is 17.4. The zero-order chi connectivity index (χ0) is 28.3. The minimum atomic E-state index is -1.11. The Bertz CT molecular complexity index is 855. The second-order valence-corrected chi connectivity index (χ2v) is 12.2. The van der Waals surface area contributed by atoms with Crippen LogP contribution in [0, 0.1) is 17.3 Å². The molecule has 222 valence electrons. The number of likely N-dealkylation sites (tertiary alicyclic amines) is 1. The Hall–Kier alpha value is -1.90. The molecule has 0 spiro atoms. The topological polar surface area (TPSA) is 100 Å². The lowest BCUT2D eigenvalue weighted by Crippen LogP contribution is -2.55. The van der Waals surface area contributed by atoms with Crippen molar-refractivity contribution in [2.45, 2.75) is 95.6 Å². The van der Waals surface area contributed by atoms with Gasteiger partial charge in [-0.15, -0.1) is 0 Å². The summed E-state index contributed by atoms with van der Waals surface area (Å²) in [7, 11) is 5.04. The molecule has 2 aliphatic carbocycles. The summed E-state index contributed by atoms with van der Waals surface area (Å²) in [6, 6.07) is 0.0697. The summed E-state index contributed by atoms with van der Waals surface area (Å²) in [5.41, 5.74) is -1.07. The number of nitrogens with zero attached hydrogens (tertiary/aromatic N) is 1. The van der Waals surface area contributed by atoms with Gasteiger partial charge in [-0.05, 0) is 70.4 Å². The van der Waals surface area contributed by atoms with Crippen LogP contribution in [0.4, 0.5) is 4.79 Å². The van der Waals surface area contributed by atoms with Crippen molar-refractivity contribution < 1.29 is 24.2 Å². The number of amides is 2. The van der Waals surface area contributed by atoms with Crippen LogP contribution in [0.2, 0.25) is 0 Å². The number of unbranched alkanes of at least 4 members (excludes halogenated alkanes) is 1. The molecule has 8 nitrogen and oxygen atoms in total. The first-order valence-electron chi connectivity index (χ1n) is 15.1. The summed E-state index contributed by atoms with van der Waals surface area (Å²) in [5, 5.41) is 18.9. The number of ether oxygens (including phenoxy) is 2. The number of hydrogen-bond acceptors (Lipinski definition) is 6. The fourth-order valence-electron chi connectivity index (χ4n) is 6.91. The van der Waals surface area contributed by atoms with Gasteiger partial charge in [0.1, 0.15) is 0 Å². The van der Waals surface area contributed by atoms with E-state index in [1.807, 2.05) is 37.1 Å². The second kappa shape index (κ2) is 15.2. The summed E-state index contributed by atoms with van der Waals surface area (Å²) < 4.78 is 10.3. The first kappa shape index (κ1) is 31.6. The highest BCUT2D eigenvalue weighted by Crippen LogP contribution is 2.44. The molecular formula is C31H53N3O5. The summed E-state index contributed by atoms with van der Waals surface area (Å²) in [6.45, 7) is 4.45. The van der Waals surface area contributed by atoms with E-state index in [0.717, 1.165) is 44.2 Å². The van der Waals surface area contributed by atoms with Gasteiger partial charge in [-0.1, -0.05) is 50.3 Å². The molecule has 1 heterocycles. The van der Waals surface area contributed by atoms with Crippen LogP contribution >= 0.6 is 0 Å². The van der Waals surface area contributed by atoms with E-state index in [-0.39, 0.29) is 24.0 Å². The van der Waals surface area contributed by atoms with E-state index in [1.54, 1.807) is 7.11 Å². The number of carbonyl (C=O) groups excluding carboxylic acids is 2. The Morgan fingerprint density at radius 2 is 1.95 bits per heavy atom. The highest BCUT2D eigenvalue weighted by Gasteiger charge is 2.46. The van der Waals surface area contributed by atoms with E-state index >= 15 is 0 Å². The van der Waals surface area contributed by atoms with Crippen molar-refractivity contribution in [2.75, 3.05) is 47.5 Å². The lowest BCUT2D eigenvalue weighted by atomic mass is 9.67. The summed E-state index contributed by atoms with van der Waals surface area (Å²) in [5.74, 6) is 0.267. The summed E-state index contributed by atoms with van der Waals surface area (Å²) in [4.78, 5) is 28.0. The Balaban J connectivity index is 1.73. The molecule has 39 heavy (non-hydrogen) atoms. The molecule has 1 saturated carbocycles. The van der Waals surface area contributed by atoms with Crippen molar-refractivity contribution in [3.05, 3.63) is 23.8 Å². The Kier molecular flexibility index (Phi) is 12.3. The fourth-order valence-corrected chi connectivity index (χ4v) is 6.91. The van der Waals surface area contributed by atoms with Crippen molar-refractivity contribution in [2.24, 2.45) is 17.3 Å². The van der Waals surface area contributed by atoms with E-state index in [9.17, 15) is 14.7 Å². The number of esters is 1. The third-order valence-corrected chi connectivity index (χ3v) is 9.19. The minimum Gasteiger partial charge on any atom is -0.468 e. The van der Waals surface area contributed by atoms with Crippen LogP contribution in [-0.4, -0.2) is 81.2 Å². The fraction of sp³-hybridized carbons (Fsp3) is 0.806. The Morgan fingerprint density at radius 1 is 1.18 bits per heavy atom. The molecular weight excluding hydrogens is 494 g/mol. The zero-order valence-electron chi connectivity index (χ0n) is 24.8. The number of carbonyl (C=O) groups is 2. The molecule has 2 fully saturated rings. The van der Waals surface area contributed by atoms with Gasteiger partial charge in [0.05, 0.1) is 18.1 Å². The Labute approximate surface area is 235 Å². The maximum absolute atomic E-state index is 13.5. The van der Waals surface area contributed by atoms with Crippen LogP contribution in [0.25, 0.3) is 0 Å². The second-order valence-electron chi connectivity index (χ2n) is 12.2. The van der Waals surface area contributed by atoms with E-state index in [0.29, 0.717) is 38.5 Å². The average Bonchev–Trinajstić information content (AvgIpc) is 2.95. The highest BCUT2D eigenvalue weighted by atomic mass is 16.5. The number of likely N-dealkylation sites (N-methyl/N-ethyl adjacent to an activating group) is 1. The smallest absolute Gasteiger partial charge is 0.317 e. The normalized spacial score (nSPS) is 26.4. The third-order valence-electron chi connectivity index (χ3n) is 9.19. The predicted molar refractivity (Wildman–Crippen MR) is 154 cm³/mol. The summed E-state index contributed by atoms with van der Waals surface area (Å²) >= 11 is 0. The van der Waals surface area contributed by atoms with Crippen LogP contribution < -0.4 is 10.6 Å². The molecule has 0 aromatic carbocycles. The quantitative estimate of drug-likeness (QED) is 0.231. The number of methoxy groups -OCH3 is 2. The third kappa shape index (κ3) is 8.54. The number of allylic oxidation sites excluding steroid dienone is 2. The molecule has 1 aliphatic heterocycles. The molecule has 0 aromatic rings. The van der Waals surface area contributed by atoms with Gasteiger partial charge in [-0.25, -0.2) is 4.79 Å². The van der Waals surface area contributed by atoms with Gasteiger partial charge >= 0.3 is 12.0 Å². The first-order chi connectivity index (χ1) is 18.8. The van der Waals surface area contributed by atoms with Gasteiger partial charge in [-0.3, -0.25) is 4.79 Å². The van der Waals surface area contributed by atoms with Crippen LogP contribution in [-0.2, 0) is 14.3 Å². The van der Waals surface area contributed by atoms with Crippen molar-refractivity contribution in [3.8, 4) is 0 Å². The van der Waals surface area contributed by atoms with E-state index < -0.39 is 11.0 Å². The first-order valence-corrected chi connectivity index (χ1v) is 15.1. The molecule has 4 atom stereocenters. The molecule has 1 unspecified atom stereocenters. The SMILES string of the molecule is CNC[C@H](CC1CCCCC1)NC(=O)N1CCC[C@@H]([C@@](O)(CCCCOC)C2=CC=CC(C)(C(=O)OC)C2)C1. The highest BCUT2D eigenvalue weighted by molar-refractivity contribution is 5.79. The zero-order valence-corrected chi connectivity index (χ0v) is 24.8. The monoisotopic (exact) mass is 547 g/mol. The molecule has 2 amide bonds. The van der Waals surface area contributed by atoms with E-state index in [2.05, 4.69) is 10.6 Å². The number of rotatable bonds is 13. The molecule has 8 heteroatoms. The number of urea groups is 1. The molecule has 0 bridgehead atoms. The van der Waals surface area contributed by atoms with Gasteiger partial charge < -0.3 is 30.1 Å².